The van der Waals surface area contributed by atoms with Crippen LogP contribution in [0.4, 0.5) is 0 Å². The van der Waals surface area contributed by atoms with E-state index < -0.39 is 0 Å². The molecule has 3 heteroatoms. The summed E-state index contributed by atoms with van der Waals surface area (Å²) in [4.78, 5) is 2.49. The number of nitrogens with zero attached hydrogens (tertiary/aromatic N) is 1. The smallest absolute Gasteiger partial charge is 0.123 e. The van der Waals surface area contributed by atoms with Gasteiger partial charge in [-0.1, -0.05) is 26.8 Å². The molecule has 1 fully saturated rings. The molecule has 1 aliphatic heterocycles. The third kappa shape index (κ3) is 3.53. The molecule has 112 valence electrons. The molecule has 1 aliphatic rings. The van der Waals surface area contributed by atoms with Gasteiger partial charge in [0.2, 0.25) is 0 Å². The largest absolute Gasteiger partial charge is 0.496 e. The predicted octanol–water partition coefficient (Wildman–Crippen LogP) is 3.06. The molecular formula is C17H27NO2. The Labute approximate surface area is 122 Å². The summed E-state index contributed by atoms with van der Waals surface area (Å²) in [6.07, 6.45) is 1.27. The lowest BCUT2D eigenvalue weighted by molar-refractivity contribution is 0.225. The molecule has 0 spiro atoms. The van der Waals surface area contributed by atoms with Crippen LogP contribution in [0.15, 0.2) is 18.2 Å². The molecule has 0 radical (unpaired) electrons. The van der Waals surface area contributed by atoms with Crippen molar-refractivity contribution < 1.29 is 9.84 Å². The molecule has 1 saturated heterocycles. The number of likely N-dealkylation sites (tertiary alicyclic amines) is 1. The van der Waals surface area contributed by atoms with Crippen molar-refractivity contribution in [3.05, 3.63) is 29.3 Å². The summed E-state index contributed by atoms with van der Waals surface area (Å²) in [6, 6.07) is 5.94. The molecule has 20 heavy (non-hydrogen) atoms. The molecule has 3 nitrogen and oxygen atoms in total. The van der Waals surface area contributed by atoms with E-state index in [0.29, 0.717) is 5.41 Å². The minimum atomic E-state index is 0.0849. The van der Waals surface area contributed by atoms with E-state index in [1.54, 1.807) is 7.11 Å². The second kappa shape index (κ2) is 6.15. The van der Waals surface area contributed by atoms with Crippen LogP contribution < -0.4 is 4.74 Å². The topological polar surface area (TPSA) is 32.7 Å². The summed E-state index contributed by atoms with van der Waals surface area (Å²) in [6.45, 7) is 10.3. The van der Waals surface area contributed by atoms with Crippen molar-refractivity contribution in [1.82, 2.24) is 4.90 Å². The van der Waals surface area contributed by atoms with Crippen LogP contribution in [0.25, 0.3) is 0 Å². The van der Waals surface area contributed by atoms with Gasteiger partial charge in [-0.3, -0.25) is 4.90 Å². The summed E-state index contributed by atoms with van der Waals surface area (Å²) >= 11 is 0. The highest BCUT2D eigenvalue weighted by molar-refractivity contribution is 5.37. The van der Waals surface area contributed by atoms with Crippen molar-refractivity contribution in [3.8, 4) is 5.75 Å². The second-order valence-electron chi connectivity index (χ2n) is 6.89. The van der Waals surface area contributed by atoms with Crippen LogP contribution in [0.1, 0.15) is 38.3 Å². The van der Waals surface area contributed by atoms with Gasteiger partial charge in [0.15, 0.2) is 0 Å². The van der Waals surface area contributed by atoms with E-state index in [1.165, 1.54) is 12.0 Å². The van der Waals surface area contributed by atoms with Crippen molar-refractivity contribution in [1.29, 1.82) is 0 Å². The Morgan fingerprint density at radius 2 is 2.10 bits per heavy atom. The number of hydrogen-bond donors (Lipinski definition) is 1. The lowest BCUT2D eigenvalue weighted by atomic mass is 9.80. The molecule has 0 bridgehead atoms. The van der Waals surface area contributed by atoms with Gasteiger partial charge in [-0.05, 0) is 42.0 Å². The van der Waals surface area contributed by atoms with Gasteiger partial charge in [-0.15, -0.1) is 0 Å². The molecule has 1 unspecified atom stereocenters. The first-order valence-corrected chi connectivity index (χ1v) is 7.43. The number of methoxy groups -OCH3 is 1. The number of hydrogen-bond acceptors (Lipinski definition) is 3. The average molecular weight is 277 g/mol. The Morgan fingerprint density at radius 1 is 1.35 bits per heavy atom. The minimum Gasteiger partial charge on any atom is -0.496 e. The summed E-state index contributed by atoms with van der Waals surface area (Å²) in [5, 5.41) is 9.28. The molecule has 0 aromatic heterocycles. The van der Waals surface area contributed by atoms with Crippen LogP contribution >= 0.6 is 0 Å². The Balaban J connectivity index is 2.07. The van der Waals surface area contributed by atoms with Gasteiger partial charge >= 0.3 is 0 Å². The number of aliphatic hydroxyl groups is 1. The fraction of sp³-hybridized carbons (Fsp3) is 0.647. The molecule has 1 atom stereocenters. The van der Waals surface area contributed by atoms with E-state index in [0.717, 1.165) is 36.9 Å². The number of rotatable bonds is 4. The van der Waals surface area contributed by atoms with E-state index in [2.05, 4.69) is 31.7 Å². The van der Waals surface area contributed by atoms with E-state index in [1.807, 2.05) is 12.1 Å². The second-order valence-corrected chi connectivity index (χ2v) is 6.89. The van der Waals surface area contributed by atoms with E-state index in [9.17, 15) is 5.11 Å². The summed E-state index contributed by atoms with van der Waals surface area (Å²) in [7, 11) is 1.71. The molecule has 0 amide bonds. The number of ether oxygens (including phenoxy) is 1. The lowest BCUT2D eigenvalue weighted by Crippen LogP contribution is -2.26. The summed E-state index contributed by atoms with van der Waals surface area (Å²) in [5.74, 6) is 1.68. The van der Waals surface area contributed by atoms with Gasteiger partial charge in [-0.25, -0.2) is 0 Å². The van der Waals surface area contributed by atoms with Gasteiger partial charge in [0.25, 0.3) is 0 Å². The Hall–Kier alpha value is -1.06. The first-order chi connectivity index (χ1) is 9.44. The summed E-state index contributed by atoms with van der Waals surface area (Å²) < 4.78 is 5.44. The van der Waals surface area contributed by atoms with Crippen LogP contribution in [0.2, 0.25) is 0 Å². The molecule has 0 saturated carbocycles. The van der Waals surface area contributed by atoms with Crippen molar-refractivity contribution in [2.45, 2.75) is 40.3 Å². The molecule has 1 aromatic rings. The van der Waals surface area contributed by atoms with Crippen LogP contribution in [-0.4, -0.2) is 30.2 Å². The molecule has 1 heterocycles. The number of benzene rings is 1. The molecule has 2 rings (SSSR count). The maximum Gasteiger partial charge on any atom is 0.123 e. The Bertz CT molecular complexity index is 451. The van der Waals surface area contributed by atoms with Gasteiger partial charge in [0, 0.05) is 18.7 Å². The maximum absolute atomic E-state index is 9.28. The summed E-state index contributed by atoms with van der Waals surface area (Å²) in [5.41, 5.74) is 2.51. The third-order valence-electron chi connectivity index (χ3n) is 4.42. The molecule has 0 aliphatic carbocycles. The molecule has 1 aromatic carbocycles. The SMILES string of the molecule is COc1ccc(CO)cc1CN1CCC(C(C)(C)C)C1. The van der Waals surface area contributed by atoms with E-state index >= 15 is 0 Å². The molecule has 1 N–H and O–H groups in total. The van der Waals surface area contributed by atoms with Crippen LogP contribution in [-0.2, 0) is 13.2 Å². The maximum atomic E-state index is 9.28. The monoisotopic (exact) mass is 277 g/mol. The van der Waals surface area contributed by atoms with Crippen LogP contribution in [0.5, 0.6) is 5.75 Å². The normalized spacial score (nSPS) is 20.4. The van der Waals surface area contributed by atoms with Crippen molar-refractivity contribution >= 4 is 0 Å². The standard InChI is InChI=1S/C17H27NO2/c1-17(2,3)15-7-8-18(11-15)10-14-9-13(12-19)5-6-16(14)20-4/h5-6,9,15,19H,7-8,10-12H2,1-4H3. The Kier molecular flexibility index (Phi) is 4.71. The minimum absolute atomic E-state index is 0.0849. The fourth-order valence-electron chi connectivity index (χ4n) is 2.98. The first-order valence-electron chi connectivity index (χ1n) is 7.43. The average Bonchev–Trinajstić information content (AvgIpc) is 2.87. The van der Waals surface area contributed by atoms with Gasteiger partial charge in [0.1, 0.15) is 5.75 Å². The van der Waals surface area contributed by atoms with Gasteiger partial charge in [0.05, 0.1) is 13.7 Å². The van der Waals surface area contributed by atoms with E-state index in [4.69, 9.17) is 4.74 Å². The quantitative estimate of drug-likeness (QED) is 0.918. The Morgan fingerprint density at radius 3 is 2.65 bits per heavy atom. The third-order valence-corrected chi connectivity index (χ3v) is 4.42. The highest BCUT2D eigenvalue weighted by Crippen LogP contribution is 2.34. The van der Waals surface area contributed by atoms with Crippen molar-refractivity contribution in [2.24, 2.45) is 11.3 Å². The van der Waals surface area contributed by atoms with Crippen LogP contribution in [0, 0.1) is 11.3 Å². The highest BCUT2D eigenvalue weighted by atomic mass is 16.5. The zero-order valence-corrected chi connectivity index (χ0v) is 13.1. The zero-order valence-electron chi connectivity index (χ0n) is 13.1. The van der Waals surface area contributed by atoms with Crippen molar-refractivity contribution in [3.63, 3.8) is 0 Å². The van der Waals surface area contributed by atoms with Gasteiger partial charge < -0.3 is 9.84 Å². The predicted molar refractivity (Wildman–Crippen MR) is 81.8 cm³/mol. The van der Waals surface area contributed by atoms with Gasteiger partial charge in [-0.2, -0.15) is 0 Å². The fourth-order valence-corrected chi connectivity index (χ4v) is 2.98. The molecular weight excluding hydrogens is 250 g/mol. The zero-order chi connectivity index (χ0) is 14.8. The van der Waals surface area contributed by atoms with Crippen molar-refractivity contribution in [2.75, 3.05) is 20.2 Å². The lowest BCUT2D eigenvalue weighted by Gasteiger charge is -2.27. The van der Waals surface area contributed by atoms with Crippen LogP contribution in [0.3, 0.4) is 0 Å². The van der Waals surface area contributed by atoms with E-state index in [-0.39, 0.29) is 6.61 Å². The number of aliphatic hydroxyl groups excluding tert-OH is 1. The first kappa shape index (κ1) is 15.3. The highest BCUT2D eigenvalue weighted by Gasteiger charge is 2.31.